The standard InChI is InChI=1S/C14H6Cl2F2O3/c15-8-3-7(6-19)13(11(16)4-8)21-14(20)10-5-9(17)1-2-12(10)18/h1-6H. The van der Waals surface area contributed by atoms with E-state index < -0.39 is 23.2 Å². The number of halogens is 4. The smallest absolute Gasteiger partial charge is 0.346 e. The van der Waals surface area contributed by atoms with Crippen molar-refractivity contribution in [1.82, 2.24) is 0 Å². The van der Waals surface area contributed by atoms with Crippen LogP contribution in [-0.2, 0) is 0 Å². The highest BCUT2D eigenvalue weighted by molar-refractivity contribution is 6.36. The van der Waals surface area contributed by atoms with Crippen molar-refractivity contribution in [3.05, 3.63) is 63.1 Å². The fraction of sp³-hybridized carbons (Fsp3) is 0. The first-order valence-corrected chi connectivity index (χ1v) is 6.29. The normalized spacial score (nSPS) is 10.3. The van der Waals surface area contributed by atoms with Gasteiger partial charge in [-0.3, -0.25) is 4.79 Å². The van der Waals surface area contributed by atoms with Crippen molar-refractivity contribution in [2.75, 3.05) is 0 Å². The molecule has 0 aliphatic carbocycles. The Hall–Kier alpha value is -1.98. The Labute approximate surface area is 128 Å². The predicted octanol–water partition coefficient (Wildman–Crippen LogP) is 4.30. The molecule has 0 heterocycles. The van der Waals surface area contributed by atoms with E-state index in [0.717, 1.165) is 12.1 Å². The molecule has 108 valence electrons. The van der Waals surface area contributed by atoms with Crippen molar-refractivity contribution in [2.24, 2.45) is 0 Å². The molecule has 0 spiro atoms. The number of esters is 1. The summed E-state index contributed by atoms with van der Waals surface area (Å²) in [4.78, 5) is 22.8. The topological polar surface area (TPSA) is 43.4 Å². The molecule has 0 N–H and O–H groups in total. The van der Waals surface area contributed by atoms with Crippen molar-refractivity contribution in [2.45, 2.75) is 0 Å². The first kappa shape index (κ1) is 15.4. The number of aldehydes is 1. The molecule has 0 saturated carbocycles. The second kappa shape index (κ2) is 6.20. The first-order chi connectivity index (χ1) is 9.92. The Kier molecular flexibility index (Phi) is 4.55. The van der Waals surface area contributed by atoms with Crippen LogP contribution in [0.5, 0.6) is 5.75 Å². The maximum absolute atomic E-state index is 13.5. The molecule has 0 fully saturated rings. The van der Waals surface area contributed by atoms with Crippen molar-refractivity contribution in [3.63, 3.8) is 0 Å². The number of benzene rings is 2. The fourth-order valence-corrected chi connectivity index (χ4v) is 2.12. The van der Waals surface area contributed by atoms with Crippen LogP contribution < -0.4 is 4.74 Å². The minimum Gasteiger partial charge on any atom is -0.420 e. The molecule has 3 nitrogen and oxygen atoms in total. The van der Waals surface area contributed by atoms with Gasteiger partial charge in [-0.2, -0.15) is 0 Å². The van der Waals surface area contributed by atoms with Gasteiger partial charge in [0.2, 0.25) is 0 Å². The average Bonchev–Trinajstić information content (AvgIpc) is 2.43. The minimum absolute atomic E-state index is 0.0855. The number of hydrogen-bond acceptors (Lipinski definition) is 3. The lowest BCUT2D eigenvalue weighted by atomic mass is 10.2. The van der Waals surface area contributed by atoms with Gasteiger partial charge in [0.1, 0.15) is 11.6 Å². The van der Waals surface area contributed by atoms with Crippen molar-refractivity contribution in [1.29, 1.82) is 0 Å². The summed E-state index contributed by atoms with van der Waals surface area (Å²) in [6.45, 7) is 0. The summed E-state index contributed by atoms with van der Waals surface area (Å²) in [7, 11) is 0. The van der Waals surface area contributed by atoms with Crippen LogP contribution in [0.15, 0.2) is 30.3 Å². The third kappa shape index (κ3) is 3.37. The molecule has 0 aliphatic rings. The lowest BCUT2D eigenvalue weighted by Gasteiger charge is -2.09. The number of hydrogen-bond donors (Lipinski definition) is 0. The monoisotopic (exact) mass is 330 g/mol. The number of carbonyl (C=O) groups excluding carboxylic acids is 2. The summed E-state index contributed by atoms with van der Waals surface area (Å²) in [5.74, 6) is -3.22. The lowest BCUT2D eigenvalue weighted by molar-refractivity contribution is 0.0728. The van der Waals surface area contributed by atoms with E-state index in [1.54, 1.807) is 0 Å². The van der Waals surface area contributed by atoms with Gasteiger partial charge >= 0.3 is 5.97 Å². The van der Waals surface area contributed by atoms with Gasteiger partial charge in [0, 0.05) is 5.02 Å². The summed E-state index contributed by atoms with van der Waals surface area (Å²) in [6.07, 6.45) is 0.377. The van der Waals surface area contributed by atoms with E-state index in [1.807, 2.05) is 0 Å². The highest BCUT2D eigenvalue weighted by atomic mass is 35.5. The quantitative estimate of drug-likeness (QED) is 0.478. The lowest BCUT2D eigenvalue weighted by Crippen LogP contribution is -2.12. The molecular formula is C14H6Cl2F2O3. The molecule has 2 aromatic carbocycles. The zero-order valence-corrected chi connectivity index (χ0v) is 11.7. The molecule has 0 unspecified atom stereocenters. The van der Waals surface area contributed by atoms with Crippen molar-refractivity contribution < 1.29 is 23.1 Å². The summed E-state index contributed by atoms with van der Waals surface area (Å²) in [5, 5.41) is 0.0635. The maximum atomic E-state index is 13.5. The predicted molar refractivity (Wildman–Crippen MR) is 73.2 cm³/mol. The van der Waals surface area contributed by atoms with Gasteiger partial charge in [-0.1, -0.05) is 23.2 Å². The minimum atomic E-state index is -1.18. The highest BCUT2D eigenvalue weighted by Gasteiger charge is 2.19. The maximum Gasteiger partial charge on any atom is 0.346 e. The SMILES string of the molecule is O=Cc1cc(Cl)cc(Cl)c1OC(=O)c1cc(F)ccc1F. The van der Waals surface area contributed by atoms with E-state index in [9.17, 15) is 18.4 Å². The van der Waals surface area contributed by atoms with Gasteiger partial charge in [-0.25, -0.2) is 13.6 Å². The zero-order chi connectivity index (χ0) is 15.6. The van der Waals surface area contributed by atoms with E-state index >= 15 is 0 Å². The average molecular weight is 331 g/mol. The second-order valence-corrected chi connectivity index (χ2v) is 4.78. The van der Waals surface area contributed by atoms with Crippen LogP contribution in [0.1, 0.15) is 20.7 Å². The molecule has 0 atom stereocenters. The van der Waals surface area contributed by atoms with Gasteiger partial charge in [-0.15, -0.1) is 0 Å². The summed E-state index contributed by atoms with van der Waals surface area (Å²) in [6, 6.07) is 4.81. The molecule has 0 aromatic heterocycles. The Morgan fingerprint density at radius 3 is 2.52 bits per heavy atom. The van der Waals surface area contributed by atoms with Crippen LogP contribution in [0.25, 0.3) is 0 Å². The van der Waals surface area contributed by atoms with Crippen LogP contribution in [0.2, 0.25) is 10.0 Å². The van der Waals surface area contributed by atoms with Gasteiger partial charge in [0.05, 0.1) is 16.1 Å². The van der Waals surface area contributed by atoms with E-state index in [-0.39, 0.29) is 21.4 Å². The van der Waals surface area contributed by atoms with E-state index in [1.165, 1.54) is 12.1 Å². The van der Waals surface area contributed by atoms with Crippen LogP contribution in [0, 0.1) is 11.6 Å². The zero-order valence-electron chi connectivity index (χ0n) is 10.2. The third-order valence-corrected chi connectivity index (χ3v) is 3.01. The van der Waals surface area contributed by atoms with E-state index in [0.29, 0.717) is 12.4 Å². The molecule has 7 heteroatoms. The Balaban J connectivity index is 2.40. The molecule has 0 saturated heterocycles. The van der Waals surface area contributed by atoms with Gasteiger partial charge < -0.3 is 4.74 Å². The van der Waals surface area contributed by atoms with Crippen LogP contribution in [0.3, 0.4) is 0 Å². The molecule has 2 rings (SSSR count). The molecule has 2 aromatic rings. The van der Waals surface area contributed by atoms with Crippen LogP contribution in [0.4, 0.5) is 8.78 Å². The molecule has 21 heavy (non-hydrogen) atoms. The third-order valence-electron chi connectivity index (χ3n) is 2.51. The Bertz CT molecular complexity index is 732. The van der Waals surface area contributed by atoms with E-state index in [4.69, 9.17) is 27.9 Å². The molecule has 0 bridgehead atoms. The highest BCUT2D eigenvalue weighted by Crippen LogP contribution is 2.32. The molecule has 0 aliphatic heterocycles. The number of rotatable bonds is 3. The Morgan fingerprint density at radius 2 is 1.86 bits per heavy atom. The van der Waals surface area contributed by atoms with Crippen LogP contribution in [-0.4, -0.2) is 12.3 Å². The summed E-state index contributed by atoms with van der Waals surface area (Å²) < 4.78 is 31.4. The fourth-order valence-electron chi connectivity index (χ4n) is 1.58. The van der Waals surface area contributed by atoms with Crippen molar-refractivity contribution >= 4 is 35.5 Å². The summed E-state index contributed by atoms with van der Waals surface area (Å²) in [5.41, 5.74) is -0.699. The van der Waals surface area contributed by atoms with Gasteiger partial charge in [0.15, 0.2) is 12.0 Å². The molecule has 0 amide bonds. The first-order valence-electron chi connectivity index (χ1n) is 5.54. The molecule has 0 radical (unpaired) electrons. The largest absolute Gasteiger partial charge is 0.420 e. The molecular weight excluding hydrogens is 325 g/mol. The number of ether oxygens (including phenoxy) is 1. The van der Waals surface area contributed by atoms with Gasteiger partial charge in [-0.05, 0) is 30.3 Å². The second-order valence-electron chi connectivity index (χ2n) is 3.94. The van der Waals surface area contributed by atoms with Crippen molar-refractivity contribution in [3.8, 4) is 5.75 Å². The Morgan fingerprint density at radius 1 is 1.14 bits per heavy atom. The van der Waals surface area contributed by atoms with E-state index in [2.05, 4.69) is 0 Å². The summed E-state index contributed by atoms with van der Waals surface area (Å²) >= 11 is 11.5. The number of carbonyl (C=O) groups is 2. The van der Waals surface area contributed by atoms with Gasteiger partial charge in [0.25, 0.3) is 0 Å². The van der Waals surface area contributed by atoms with Crippen LogP contribution >= 0.6 is 23.2 Å².